The van der Waals surface area contributed by atoms with Gasteiger partial charge in [-0.05, 0) is 12.3 Å². The van der Waals surface area contributed by atoms with Gasteiger partial charge in [0.1, 0.15) is 0 Å². The van der Waals surface area contributed by atoms with E-state index in [2.05, 4.69) is 0 Å². The zero-order valence-electron chi connectivity index (χ0n) is 4.20. The summed E-state index contributed by atoms with van der Waals surface area (Å²) in [5.41, 5.74) is 0. The minimum atomic E-state index is -2.33. The number of carbonyl (C=O) groups excluding carboxylic acids is 2. The van der Waals surface area contributed by atoms with E-state index in [-0.39, 0.29) is 48.6 Å². The molecule has 0 saturated carbocycles. The Morgan fingerprint density at radius 3 is 0.800 bits per heavy atom. The molecule has 0 bridgehead atoms. The Kier molecular flexibility index (Phi) is 36.1. The second-order valence-electron chi connectivity index (χ2n) is 0.500. The minimum Gasteiger partial charge on any atom is -0.652 e. The van der Waals surface area contributed by atoms with Crippen molar-refractivity contribution in [1.82, 2.24) is 0 Å². The van der Waals surface area contributed by atoms with Crippen LogP contribution >= 0.6 is 0 Å². The molecule has 0 saturated heterocycles. The quantitative estimate of drug-likeness (QED) is 0.349. The SMILES string of the molecule is O=C([O-])[O-].O=C([O-])[O-].[Ag+].[Bi+3]. The number of hydrogen-bond donors (Lipinski definition) is 0. The molecule has 0 aliphatic rings. The van der Waals surface area contributed by atoms with Gasteiger partial charge in [0.25, 0.3) is 0 Å². The number of rotatable bonds is 0. The van der Waals surface area contributed by atoms with E-state index in [9.17, 15) is 0 Å². The van der Waals surface area contributed by atoms with Crippen molar-refractivity contribution in [3.8, 4) is 0 Å². The summed E-state index contributed by atoms with van der Waals surface area (Å²) >= 11 is 0. The first-order valence-corrected chi connectivity index (χ1v) is 1.22. The Balaban J connectivity index is -0.0000000300. The molecule has 0 N–H and O–H groups in total. The summed E-state index contributed by atoms with van der Waals surface area (Å²) in [5.74, 6) is 0. The van der Waals surface area contributed by atoms with Crippen LogP contribution < -0.4 is 20.4 Å². The number of carboxylic acid groups (broad SMARTS) is 4. The molecule has 0 amide bonds. The molecule has 0 aromatic rings. The van der Waals surface area contributed by atoms with Crippen LogP contribution in [0.4, 0.5) is 9.59 Å². The van der Waals surface area contributed by atoms with Crippen LogP contribution in [0, 0.1) is 0 Å². The van der Waals surface area contributed by atoms with Gasteiger partial charge in [0.2, 0.25) is 0 Å². The predicted octanol–water partition coefficient (Wildman–Crippen LogP) is -5.28. The third-order valence-corrected chi connectivity index (χ3v) is 0. The molecule has 2 radical (unpaired) electrons. The average molecular weight is 437 g/mol. The fourth-order valence-corrected chi connectivity index (χ4v) is 0. The maximum atomic E-state index is 8.33. The minimum absolute atomic E-state index is 0. The molecule has 0 aromatic heterocycles. The molecule has 0 unspecified atom stereocenters. The van der Waals surface area contributed by atoms with Crippen LogP contribution in [0.2, 0.25) is 0 Å². The van der Waals surface area contributed by atoms with E-state index in [1.807, 2.05) is 0 Å². The van der Waals surface area contributed by atoms with E-state index in [0.717, 1.165) is 0 Å². The zero-order valence-corrected chi connectivity index (χ0v) is 9.16. The van der Waals surface area contributed by atoms with E-state index >= 15 is 0 Å². The predicted molar refractivity (Wildman–Crippen MR) is 16.5 cm³/mol. The van der Waals surface area contributed by atoms with Crippen LogP contribution in [0.3, 0.4) is 0 Å². The summed E-state index contributed by atoms with van der Waals surface area (Å²) in [4.78, 5) is 16.7. The van der Waals surface area contributed by atoms with Crippen molar-refractivity contribution in [2.45, 2.75) is 0 Å². The second-order valence-corrected chi connectivity index (χ2v) is 0.500. The summed E-state index contributed by atoms with van der Waals surface area (Å²) < 4.78 is 0. The van der Waals surface area contributed by atoms with Crippen molar-refractivity contribution < 1.29 is 52.4 Å². The maximum Gasteiger partial charge on any atom is 3.00 e. The van der Waals surface area contributed by atoms with Gasteiger partial charge in [-0.15, -0.1) is 0 Å². The molecule has 10 heavy (non-hydrogen) atoms. The molecule has 6 nitrogen and oxygen atoms in total. The van der Waals surface area contributed by atoms with E-state index in [0.29, 0.717) is 0 Å². The molecule has 0 rings (SSSR count). The second kappa shape index (κ2) is 16.1. The average Bonchev–Trinajstić information content (AvgIpc) is 1.25. The Morgan fingerprint density at radius 1 is 0.800 bits per heavy atom. The molecule has 60 valence electrons. The Labute approximate surface area is 90.5 Å². The van der Waals surface area contributed by atoms with Gasteiger partial charge in [-0.3, -0.25) is 0 Å². The van der Waals surface area contributed by atoms with Gasteiger partial charge >= 0.3 is 48.6 Å². The summed E-state index contributed by atoms with van der Waals surface area (Å²) in [6.45, 7) is 0. The third-order valence-electron chi connectivity index (χ3n) is 0. The maximum absolute atomic E-state index is 8.33. The fourth-order valence-electron chi connectivity index (χ4n) is 0. The molecule has 0 aliphatic carbocycles. The van der Waals surface area contributed by atoms with Crippen LogP contribution in [0.5, 0.6) is 0 Å². The normalized spacial score (nSPS) is 4.80. The van der Waals surface area contributed by atoms with Crippen LogP contribution in [0.25, 0.3) is 0 Å². The van der Waals surface area contributed by atoms with Crippen LogP contribution in [-0.2, 0) is 22.4 Å². The molecular formula is C2AgBiO6. The largest absolute Gasteiger partial charge is 3.00 e. The van der Waals surface area contributed by atoms with E-state index in [1.54, 1.807) is 0 Å². The standard InChI is InChI=1S/2CH2O3.Ag.Bi/c2*2-1(3)4;;/h2*(H2,2,3,4);;/q;;+1;+3/p-4. The van der Waals surface area contributed by atoms with Crippen molar-refractivity contribution >= 4 is 38.5 Å². The van der Waals surface area contributed by atoms with E-state index < -0.39 is 12.3 Å². The molecule has 0 aliphatic heterocycles. The van der Waals surface area contributed by atoms with E-state index in [4.69, 9.17) is 30.0 Å². The molecule has 0 heterocycles. The van der Waals surface area contributed by atoms with Crippen LogP contribution in [0.1, 0.15) is 0 Å². The van der Waals surface area contributed by atoms with Crippen molar-refractivity contribution in [2.75, 3.05) is 0 Å². The van der Waals surface area contributed by atoms with Gasteiger partial charge in [-0.25, -0.2) is 0 Å². The molecular weight excluding hydrogens is 437 g/mol. The monoisotopic (exact) mass is 436 g/mol. The van der Waals surface area contributed by atoms with Crippen LogP contribution in [-0.4, -0.2) is 38.5 Å². The third kappa shape index (κ3) is 15700. The Morgan fingerprint density at radius 2 is 0.800 bits per heavy atom. The first-order chi connectivity index (χ1) is 3.46. The Hall–Kier alpha value is 0.163. The van der Waals surface area contributed by atoms with Gasteiger partial charge in [-0.2, -0.15) is 0 Å². The summed E-state index contributed by atoms with van der Waals surface area (Å²) in [5, 5.41) is 33.3. The van der Waals surface area contributed by atoms with E-state index in [1.165, 1.54) is 0 Å². The summed E-state index contributed by atoms with van der Waals surface area (Å²) in [6, 6.07) is 0. The molecule has 0 aromatic carbocycles. The smallest absolute Gasteiger partial charge is 0.652 e. The summed E-state index contributed by atoms with van der Waals surface area (Å²) in [7, 11) is 0. The molecule has 0 spiro atoms. The summed E-state index contributed by atoms with van der Waals surface area (Å²) in [6.07, 6.45) is -4.67. The topological polar surface area (TPSA) is 126 Å². The van der Waals surface area contributed by atoms with Crippen LogP contribution in [0.15, 0.2) is 0 Å². The first kappa shape index (κ1) is 22.5. The molecule has 0 atom stereocenters. The van der Waals surface area contributed by atoms with Gasteiger partial charge in [-0.1, -0.05) is 0 Å². The van der Waals surface area contributed by atoms with Crippen molar-refractivity contribution in [1.29, 1.82) is 0 Å². The first-order valence-electron chi connectivity index (χ1n) is 1.22. The van der Waals surface area contributed by atoms with Gasteiger partial charge in [0.15, 0.2) is 0 Å². The van der Waals surface area contributed by atoms with Crippen molar-refractivity contribution in [2.24, 2.45) is 0 Å². The van der Waals surface area contributed by atoms with Gasteiger partial charge in [0, 0.05) is 0 Å². The van der Waals surface area contributed by atoms with Crippen molar-refractivity contribution in [3.63, 3.8) is 0 Å². The Bertz CT molecular complexity index is 73.7. The number of hydrogen-bond acceptors (Lipinski definition) is 6. The van der Waals surface area contributed by atoms with Gasteiger partial charge < -0.3 is 30.0 Å². The molecule has 8 heteroatoms. The molecule has 0 fully saturated rings. The number of carbonyl (C=O) groups is 2. The van der Waals surface area contributed by atoms with Crippen molar-refractivity contribution in [3.05, 3.63) is 0 Å². The fraction of sp³-hybridized carbons (Fsp3) is 0. The van der Waals surface area contributed by atoms with Gasteiger partial charge in [0.05, 0.1) is 0 Å². The zero-order chi connectivity index (χ0) is 7.15.